The fraction of sp³-hybridized carbons (Fsp3) is 0.455. The van der Waals surface area contributed by atoms with Gasteiger partial charge in [-0.3, -0.25) is 4.90 Å². The van der Waals surface area contributed by atoms with Crippen molar-refractivity contribution in [1.82, 2.24) is 4.90 Å². The van der Waals surface area contributed by atoms with Crippen LogP contribution in [-0.2, 0) is 6.42 Å². The third-order valence-corrected chi connectivity index (χ3v) is 2.17. The van der Waals surface area contributed by atoms with E-state index in [4.69, 9.17) is 10.8 Å². The average Bonchev–Trinajstić information content (AvgIpc) is 2.57. The molecular formula is C11H15NO. The van der Waals surface area contributed by atoms with Gasteiger partial charge >= 0.3 is 0 Å². The van der Waals surface area contributed by atoms with E-state index < -0.39 is 0 Å². The lowest BCUT2D eigenvalue weighted by atomic mass is 10.2. The quantitative estimate of drug-likeness (QED) is 0.652. The molecule has 0 radical (unpaired) electrons. The first kappa shape index (κ1) is 9.88. The Kier molecular flexibility index (Phi) is 3.60. The third kappa shape index (κ3) is 2.96. The van der Waals surface area contributed by atoms with Crippen molar-refractivity contribution in [3.63, 3.8) is 0 Å². The summed E-state index contributed by atoms with van der Waals surface area (Å²) in [7, 11) is 2.02. The molecule has 0 N–H and O–H groups in total. The minimum absolute atomic E-state index is 0.419. The van der Waals surface area contributed by atoms with Gasteiger partial charge in [0, 0.05) is 12.5 Å². The molecule has 0 saturated heterocycles. The second-order valence-electron chi connectivity index (χ2n) is 3.25. The lowest BCUT2D eigenvalue weighted by Gasteiger charge is -2.21. The zero-order chi connectivity index (χ0) is 9.68. The summed E-state index contributed by atoms with van der Waals surface area (Å²) < 4.78 is 5.25. The Hall–Kier alpha value is -1.20. The Morgan fingerprint density at radius 1 is 1.69 bits per heavy atom. The van der Waals surface area contributed by atoms with Gasteiger partial charge in [-0.05, 0) is 26.1 Å². The lowest BCUT2D eigenvalue weighted by molar-refractivity contribution is 0.275. The first-order valence-electron chi connectivity index (χ1n) is 4.40. The minimum Gasteiger partial charge on any atom is -0.469 e. The van der Waals surface area contributed by atoms with Crippen molar-refractivity contribution in [2.45, 2.75) is 19.4 Å². The van der Waals surface area contributed by atoms with E-state index in [-0.39, 0.29) is 0 Å². The molecule has 0 spiro atoms. The topological polar surface area (TPSA) is 16.4 Å². The van der Waals surface area contributed by atoms with Crippen LogP contribution in [0.5, 0.6) is 0 Å². The number of hydrogen-bond donors (Lipinski definition) is 0. The Bertz CT molecular complexity index is 271. The van der Waals surface area contributed by atoms with Crippen LogP contribution >= 0.6 is 0 Å². The summed E-state index contributed by atoms with van der Waals surface area (Å²) in [5.41, 5.74) is 0. The summed E-state index contributed by atoms with van der Waals surface area (Å²) in [6, 6.07) is 4.31. The summed E-state index contributed by atoms with van der Waals surface area (Å²) >= 11 is 0. The number of rotatable bonds is 4. The van der Waals surface area contributed by atoms with Crippen LogP contribution in [0.2, 0.25) is 0 Å². The van der Waals surface area contributed by atoms with Crippen molar-refractivity contribution < 1.29 is 4.42 Å². The summed E-state index contributed by atoms with van der Waals surface area (Å²) in [6.45, 7) is 2.82. The Morgan fingerprint density at radius 3 is 3.00 bits per heavy atom. The van der Waals surface area contributed by atoms with Gasteiger partial charge in [-0.1, -0.05) is 5.92 Å². The SMILES string of the molecule is C#CCN(C)C(C)Cc1ccco1. The molecule has 2 heteroatoms. The number of furan rings is 1. The highest BCUT2D eigenvalue weighted by molar-refractivity contribution is 5.00. The molecule has 0 aliphatic carbocycles. The molecule has 1 aromatic rings. The monoisotopic (exact) mass is 177 g/mol. The molecule has 0 fully saturated rings. The number of hydrogen-bond acceptors (Lipinski definition) is 2. The van der Waals surface area contributed by atoms with Crippen molar-refractivity contribution in [2.75, 3.05) is 13.6 Å². The van der Waals surface area contributed by atoms with Gasteiger partial charge in [-0.25, -0.2) is 0 Å². The molecule has 1 aromatic heterocycles. The van der Waals surface area contributed by atoms with Crippen LogP contribution in [-0.4, -0.2) is 24.5 Å². The molecule has 0 aliphatic rings. The van der Waals surface area contributed by atoms with Crippen LogP contribution < -0.4 is 0 Å². The van der Waals surface area contributed by atoms with Gasteiger partial charge in [-0.15, -0.1) is 6.42 Å². The maximum absolute atomic E-state index is 5.25. The minimum atomic E-state index is 0.419. The van der Waals surface area contributed by atoms with Gasteiger partial charge in [0.25, 0.3) is 0 Å². The molecule has 0 aromatic carbocycles. The summed E-state index contributed by atoms with van der Waals surface area (Å²) in [5.74, 6) is 3.63. The molecule has 1 unspecified atom stereocenters. The lowest BCUT2D eigenvalue weighted by Crippen LogP contribution is -2.30. The van der Waals surface area contributed by atoms with E-state index in [2.05, 4.69) is 17.7 Å². The highest BCUT2D eigenvalue weighted by Crippen LogP contribution is 2.07. The second-order valence-corrected chi connectivity index (χ2v) is 3.25. The Morgan fingerprint density at radius 2 is 2.46 bits per heavy atom. The average molecular weight is 177 g/mol. The predicted octanol–water partition coefficient (Wildman–Crippen LogP) is 1.78. The zero-order valence-electron chi connectivity index (χ0n) is 8.16. The first-order chi connectivity index (χ1) is 6.24. The zero-order valence-corrected chi connectivity index (χ0v) is 8.16. The molecule has 1 atom stereocenters. The summed E-state index contributed by atoms with van der Waals surface area (Å²) in [4.78, 5) is 2.13. The molecule has 0 amide bonds. The van der Waals surface area contributed by atoms with Crippen molar-refractivity contribution in [3.8, 4) is 12.3 Å². The number of nitrogens with zero attached hydrogens (tertiary/aromatic N) is 1. The van der Waals surface area contributed by atoms with Gasteiger partial charge < -0.3 is 4.42 Å². The van der Waals surface area contributed by atoms with Crippen LogP contribution in [0.25, 0.3) is 0 Å². The molecule has 0 aliphatic heterocycles. The van der Waals surface area contributed by atoms with E-state index in [1.54, 1.807) is 6.26 Å². The summed E-state index contributed by atoms with van der Waals surface area (Å²) in [5, 5.41) is 0. The van der Waals surface area contributed by atoms with E-state index in [0.29, 0.717) is 12.6 Å². The van der Waals surface area contributed by atoms with Gasteiger partial charge in [0.15, 0.2) is 0 Å². The van der Waals surface area contributed by atoms with E-state index in [9.17, 15) is 0 Å². The molecule has 0 bridgehead atoms. The molecular weight excluding hydrogens is 162 g/mol. The molecule has 70 valence electrons. The van der Waals surface area contributed by atoms with Gasteiger partial charge in [-0.2, -0.15) is 0 Å². The van der Waals surface area contributed by atoms with Crippen LogP contribution in [0.4, 0.5) is 0 Å². The molecule has 13 heavy (non-hydrogen) atoms. The van der Waals surface area contributed by atoms with Gasteiger partial charge in [0.1, 0.15) is 5.76 Å². The van der Waals surface area contributed by atoms with E-state index in [0.717, 1.165) is 12.2 Å². The first-order valence-corrected chi connectivity index (χ1v) is 4.40. The summed E-state index contributed by atoms with van der Waals surface area (Å²) in [6.07, 6.45) is 7.83. The van der Waals surface area contributed by atoms with Crippen molar-refractivity contribution in [2.24, 2.45) is 0 Å². The maximum atomic E-state index is 5.25. The maximum Gasteiger partial charge on any atom is 0.105 e. The largest absolute Gasteiger partial charge is 0.469 e. The highest BCUT2D eigenvalue weighted by Gasteiger charge is 2.09. The van der Waals surface area contributed by atoms with Crippen molar-refractivity contribution >= 4 is 0 Å². The van der Waals surface area contributed by atoms with Gasteiger partial charge in [0.2, 0.25) is 0 Å². The standard InChI is InChI=1S/C11H15NO/c1-4-7-12(3)10(2)9-11-6-5-8-13-11/h1,5-6,8,10H,7,9H2,2-3H3. The molecule has 1 heterocycles. The van der Waals surface area contributed by atoms with Crippen LogP contribution in [0.3, 0.4) is 0 Å². The molecule has 0 saturated carbocycles. The van der Waals surface area contributed by atoms with Crippen LogP contribution in [0.15, 0.2) is 22.8 Å². The molecule has 2 nitrogen and oxygen atoms in total. The fourth-order valence-electron chi connectivity index (χ4n) is 1.18. The van der Waals surface area contributed by atoms with Crippen LogP contribution in [0.1, 0.15) is 12.7 Å². The van der Waals surface area contributed by atoms with E-state index in [1.807, 2.05) is 19.2 Å². The van der Waals surface area contributed by atoms with E-state index >= 15 is 0 Å². The second kappa shape index (κ2) is 4.74. The highest BCUT2D eigenvalue weighted by atomic mass is 16.3. The van der Waals surface area contributed by atoms with E-state index in [1.165, 1.54) is 0 Å². The third-order valence-electron chi connectivity index (χ3n) is 2.17. The molecule has 1 rings (SSSR count). The predicted molar refractivity (Wildman–Crippen MR) is 53.3 cm³/mol. The van der Waals surface area contributed by atoms with Crippen LogP contribution in [0, 0.1) is 12.3 Å². The normalized spacial score (nSPS) is 12.8. The van der Waals surface area contributed by atoms with Crippen molar-refractivity contribution in [3.05, 3.63) is 24.2 Å². The Balaban J connectivity index is 2.42. The fourth-order valence-corrected chi connectivity index (χ4v) is 1.18. The van der Waals surface area contributed by atoms with Gasteiger partial charge in [0.05, 0.1) is 12.8 Å². The number of terminal acetylenes is 1. The number of likely N-dealkylation sites (N-methyl/N-ethyl adjacent to an activating group) is 1. The smallest absolute Gasteiger partial charge is 0.105 e. The van der Waals surface area contributed by atoms with Crippen molar-refractivity contribution in [1.29, 1.82) is 0 Å². The Labute approximate surface area is 79.5 Å².